The topological polar surface area (TPSA) is 88.3 Å². The molecule has 2 N–H and O–H groups in total. The Labute approximate surface area is 146 Å². The number of hydrogen-bond acceptors (Lipinski definition) is 4. The van der Waals surface area contributed by atoms with Gasteiger partial charge in [0.15, 0.2) is 12.4 Å². The lowest BCUT2D eigenvalue weighted by atomic mass is 10.1. The number of H-pyrrole nitrogens is 1. The molecule has 0 spiro atoms. The SMILES string of the molecule is CC(=O)c1c(C)[nH]c(C(=O)OCC(=O)Nc2c(C)cccc2C)c1C. The predicted molar refractivity (Wildman–Crippen MR) is 95.1 cm³/mol. The molecule has 0 atom stereocenters. The summed E-state index contributed by atoms with van der Waals surface area (Å²) in [6, 6.07) is 5.69. The summed E-state index contributed by atoms with van der Waals surface area (Å²) in [6.45, 7) is 8.21. The zero-order valence-electron chi connectivity index (χ0n) is 15.1. The normalized spacial score (nSPS) is 10.4. The van der Waals surface area contributed by atoms with E-state index in [2.05, 4.69) is 10.3 Å². The molecule has 1 heterocycles. The van der Waals surface area contributed by atoms with E-state index < -0.39 is 18.5 Å². The van der Waals surface area contributed by atoms with Crippen LogP contribution in [0.3, 0.4) is 0 Å². The number of aryl methyl sites for hydroxylation is 3. The number of benzene rings is 1. The lowest BCUT2D eigenvalue weighted by Crippen LogP contribution is -2.22. The van der Waals surface area contributed by atoms with Gasteiger partial charge in [-0.3, -0.25) is 9.59 Å². The summed E-state index contributed by atoms with van der Waals surface area (Å²) in [7, 11) is 0. The van der Waals surface area contributed by atoms with Crippen LogP contribution in [-0.2, 0) is 9.53 Å². The minimum absolute atomic E-state index is 0.127. The third-order valence-electron chi connectivity index (χ3n) is 4.07. The molecule has 1 aromatic carbocycles. The molecule has 6 heteroatoms. The summed E-state index contributed by atoms with van der Waals surface area (Å²) in [5, 5.41) is 2.75. The molecule has 0 fully saturated rings. The fraction of sp³-hybridized carbons (Fsp3) is 0.316. The summed E-state index contributed by atoms with van der Waals surface area (Å²) >= 11 is 0. The van der Waals surface area contributed by atoms with Crippen molar-refractivity contribution < 1.29 is 19.1 Å². The first-order valence-electron chi connectivity index (χ1n) is 7.95. The molecule has 2 rings (SSSR count). The van der Waals surface area contributed by atoms with Crippen LogP contribution >= 0.6 is 0 Å². The number of nitrogens with one attached hydrogen (secondary N) is 2. The Morgan fingerprint density at radius 2 is 1.68 bits per heavy atom. The van der Waals surface area contributed by atoms with Crippen molar-refractivity contribution in [1.29, 1.82) is 0 Å². The van der Waals surface area contributed by atoms with Crippen molar-refractivity contribution in [2.24, 2.45) is 0 Å². The highest BCUT2D eigenvalue weighted by molar-refractivity contribution is 6.02. The molecule has 0 saturated heterocycles. The quantitative estimate of drug-likeness (QED) is 0.645. The van der Waals surface area contributed by atoms with Crippen molar-refractivity contribution >= 4 is 23.3 Å². The van der Waals surface area contributed by atoms with E-state index in [4.69, 9.17) is 4.74 Å². The molecular weight excluding hydrogens is 320 g/mol. The molecule has 0 radical (unpaired) electrons. The monoisotopic (exact) mass is 342 g/mol. The summed E-state index contributed by atoms with van der Waals surface area (Å²) in [5.41, 5.74) is 4.40. The smallest absolute Gasteiger partial charge is 0.355 e. The van der Waals surface area contributed by atoms with Gasteiger partial charge in [0.25, 0.3) is 5.91 Å². The molecule has 0 unspecified atom stereocenters. The van der Waals surface area contributed by atoms with Crippen molar-refractivity contribution in [3.63, 3.8) is 0 Å². The lowest BCUT2D eigenvalue weighted by Gasteiger charge is -2.11. The second kappa shape index (κ2) is 7.34. The summed E-state index contributed by atoms with van der Waals surface area (Å²) in [6.07, 6.45) is 0. The Morgan fingerprint density at radius 3 is 2.20 bits per heavy atom. The molecule has 0 aliphatic heterocycles. The number of ether oxygens (including phenoxy) is 1. The van der Waals surface area contributed by atoms with Gasteiger partial charge < -0.3 is 15.0 Å². The highest BCUT2D eigenvalue weighted by Crippen LogP contribution is 2.20. The molecule has 0 aliphatic rings. The number of aromatic amines is 1. The molecule has 2 aromatic rings. The number of esters is 1. The minimum Gasteiger partial charge on any atom is -0.451 e. The number of ketones is 1. The molecule has 0 aliphatic carbocycles. The maximum absolute atomic E-state index is 12.2. The largest absolute Gasteiger partial charge is 0.451 e. The third-order valence-corrected chi connectivity index (χ3v) is 4.07. The number of carbonyl (C=O) groups is 3. The highest BCUT2D eigenvalue weighted by atomic mass is 16.5. The number of amides is 1. The standard InChI is InChI=1S/C19H22N2O4/c1-10-7-6-8-11(2)17(10)21-15(23)9-25-19(24)18-12(3)16(14(5)22)13(4)20-18/h6-8,20H,9H2,1-5H3,(H,21,23). The van der Waals surface area contributed by atoms with E-state index in [1.807, 2.05) is 32.0 Å². The fourth-order valence-electron chi connectivity index (χ4n) is 2.87. The number of para-hydroxylation sites is 1. The van der Waals surface area contributed by atoms with Crippen LogP contribution in [0.1, 0.15) is 50.2 Å². The maximum atomic E-state index is 12.2. The molecule has 6 nitrogen and oxygen atoms in total. The van der Waals surface area contributed by atoms with E-state index in [0.29, 0.717) is 22.5 Å². The summed E-state index contributed by atoms with van der Waals surface area (Å²) < 4.78 is 5.08. The number of Topliss-reactive ketones (excluding diaryl/α,β-unsaturated/α-hetero) is 1. The average molecular weight is 342 g/mol. The molecule has 0 saturated carbocycles. The molecular formula is C19H22N2O4. The molecule has 132 valence electrons. The van der Waals surface area contributed by atoms with E-state index in [1.165, 1.54) is 6.92 Å². The fourth-order valence-corrected chi connectivity index (χ4v) is 2.87. The van der Waals surface area contributed by atoms with Crippen LogP contribution in [0.4, 0.5) is 5.69 Å². The van der Waals surface area contributed by atoms with E-state index in [1.54, 1.807) is 13.8 Å². The maximum Gasteiger partial charge on any atom is 0.355 e. The van der Waals surface area contributed by atoms with Crippen molar-refractivity contribution in [3.8, 4) is 0 Å². The Balaban J connectivity index is 2.04. The van der Waals surface area contributed by atoms with E-state index in [-0.39, 0.29) is 11.5 Å². The van der Waals surface area contributed by atoms with Crippen LogP contribution in [0.5, 0.6) is 0 Å². The number of aromatic nitrogens is 1. The van der Waals surface area contributed by atoms with Crippen molar-refractivity contribution in [2.75, 3.05) is 11.9 Å². The van der Waals surface area contributed by atoms with Crippen LogP contribution in [0.2, 0.25) is 0 Å². The minimum atomic E-state index is -0.662. The predicted octanol–water partition coefficient (Wildman–Crippen LogP) is 3.25. The first-order valence-corrected chi connectivity index (χ1v) is 7.95. The number of anilines is 1. The van der Waals surface area contributed by atoms with E-state index in [9.17, 15) is 14.4 Å². The van der Waals surface area contributed by atoms with Gasteiger partial charge in [-0.15, -0.1) is 0 Å². The van der Waals surface area contributed by atoms with Crippen LogP contribution in [0.15, 0.2) is 18.2 Å². The first kappa shape index (κ1) is 18.4. The van der Waals surface area contributed by atoms with E-state index in [0.717, 1.165) is 11.1 Å². The second-order valence-electron chi connectivity index (χ2n) is 6.07. The number of hydrogen-bond donors (Lipinski definition) is 2. The van der Waals surface area contributed by atoms with Gasteiger partial charge in [-0.05, 0) is 51.3 Å². The van der Waals surface area contributed by atoms with Crippen molar-refractivity contribution in [2.45, 2.75) is 34.6 Å². The van der Waals surface area contributed by atoms with Gasteiger partial charge >= 0.3 is 5.97 Å². The average Bonchev–Trinajstić information content (AvgIpc) is 2.83. The lowest BCUT2D eigenvalue weighted by molar-refractivity contribution is -0.119. The highest BCUT2D eigenvalue weighted by Gasteiger charge is 2.21. The van der Waals surface area contributed by atoms with E-state index >= 15 is 0 Å². The van der Waals surface area contributed by atoms with Gasteiger partial charge in [0.1, 0.15) is 5.69 Å². The van der Waals surface area contributed by atoms with Crippen molar-refractivity contribution in [3.05, 3.63) is 51.8 Å². The Kier molecular flexibility index (Phi) is 5.41. The van der Waals surface area contributed by atoms with Crippen molar-refractivity contribution in [1.82, 2.24) is 4.98 Å². The zero-order chi connectivity index (χ0) is 18.7. The Hall–Kier alpha value is -2.89. The molecule has 0 bridgehead atoms. The van der Waals surface area contributed by atoms with Gasteiger partial charge in [0.05, 0.1) is 0 Å². The Bertz CT molecular complexity index is 829. The third kappa shape index (κ3) is 3.96. The first-order chi connectivity index (χ1) is 11.7. The van der Waals surface area contributed by atoms with Crippen LogP contribution in [0, 0.1) is 27.7 Å². The van der Waals surface area contributed by atoms with Gasteiger partial charge in [0, 0.05) is 16.9 Å². The molecule has 25 heavy (non-hydrogen) atoms. The number of rotatable bonds is 5. The van der Waals surface area contributed by atoms with Crippen LogP contribution in [0.25, 0.3) is 0 Å². The summed E-state index contributed by atoms with van der Waals surface area (Å²) in [5.74, 6) is -1.21. The van der Waals surface area contributed by atoms with Gasteiger partial charge in [-0.1, -0.05) is 18.2 Å². The Morgan fingerprint density at radius 1 is 1.08 bits per heavy atom. The molecule has 1 aromatic heterocycles. The van der Waals surface area contributed by atoms with Gasteiger partial charge in [-0.2, -0.15) is 0 Å². The summed E-state index contributed by atoms with van der Waals surface area (Å²) in [4.78, 5) is 38.7. The molecule has 1 amide bonds. The second-order valence-corrected chi connectivity index (χ2v) is 6.07. The van der Waals surface area contributed by atoms with Crippen LogP contribution in [-0.4, -0.2) is 29.3 Å². The van der Waals surface area contributed by atoms with Crippen LogP contribution < -0.4 is 5.32 Å². The zero-order valence-corrected chi connectivity index (χ0v) is 15.1. The van der Waals surface area contributed by atoms with Gasteiger partial charge in [0.2, 0.25) is 0 Å². The van der Waals surface area contributed by atoms with Gasteiger partial charge in [-0.25, -0.2) is 4.79 Å². The number of carbonyl (C=O) groups excluding carboxylic acids is 3.